The van der Waals surface area contributed by atoms with Crippen LogP contribution in [0.5, 0.6) is 0 Å². The number of benzene rings is 6. The zero-order valence-electron chi connectivity index (χ0n) is 30.0. The van der Waals surface area contributed by atoms with Crippen LogP contribution in [0.15, 0.2) is 188 Å². The van der Waals surface area contributed by atoms with Gasteiger partial charge < -0.3 is 0 Å². The number of nitrogens with zero attached hydrogens (tertiary/aromatic N) is 7. The van der Waals surface area contributed by atoms with Crippen LogP contribution in [0.4, 0.5) is 0 Å². The van der Waals surface area contributed by atoms with Gasteiger partial charge in [-0.25, -0.2) is 19.9 Å². The largest absolute Gasteiger partial charge is 0.254 e. The lowest BCUT2D eigenvalue weighted by molar-refractivity contribution is 1.08. The van der Waals surface area contributed by atoms with Gasteiger partial charge in [-0.1, -0.05) is 146 Å². The van der Waals surface area contributed by atoms with E-state index in [1.54, 1.807) is 6.20 Å². The molecule has 0 amide bonds. The summed E-state index contributed by atoms with van der Waals surface area (Å²) in [5.41, 5.74) is 12.6. The number of hydrogen-bond donors (Lipinski definition) is 0. The molecule has 0 N–H and O–H groups in total. The summed E-state index contributed by atoms with van der Waals surface area (Å²) in [6.45, 7) is 0. The summed E-state index contributed by atoms with van der Waals surface area (Å²) in [7, 11) is 0. The molecule has 0 bridgehead atoms. The van der Waals surface area contributed by atoms with Crippen LogP contribution < -0.4 is 0 Å². The molecule has 0 radical (unpaired) electrons. The van der Waals surface area contributed by atoms with E-state index >= 15 is 0 Å². The number of aromatic nitrogens is 7. The topological polar surface area (TPSA) is 90.2 Å². The van der Waals surface area contributed by atoms with Gasteiger partial charge in [-0.05, 0) is 41.5 Å². The van der Waals surface area contributed by atoms with Gasteiger partial charge in [0.05, 0.1) is 22.6 Å². The Balaban J connectivity index is 1.06. The molecule has 6 aromatic carbocycles. The summed E-state index contributed by atoms with van der Waals surface area (Å²) in [6, 6.07) is 59.4. The van der Waals surface area contributed by atoms with Crippen molar-refractivity contribution in [1.82, 2.24) is 35.1 Å². The highest BCUT2D eigenvalue weighted by molar-refractivity contribution is 6.10. The maximum absolute atomic E-state index is 5.19. The summed E-state index contributed by atoms with van der Waals surface area (Å²) in [5.74, 6) is 1.29. The third-order valence-electron chi connectivity index (χ3n) is 9.90. The maximum atomic E-state index is 5.19. The summed E-state index contributed by atoms with van der Waals surface area (Å²) < 4.78 is 0. The highest BCUT2D eigenvalue weighted by Crippen LogP contribution is 2.38. The highest BCUT2D eigenvalue weighted by atomic mass is 15.1. The number of hydrogen-bond acceptors (Lipinski definition) is 7. The first kappa shape index (κ1) is 32.8. The highest BCUT2D eigenvalue weighted by Gasteiger charge is 2.19. The SMILES string of the molecule is c1ccc(-c2cc(-c3cccc(-c4cccc(-c5nccc(-c6c(-c7ccccc7)nnc7c6ccc6cccnc67)n5)c4)c3)nc(-c3ccccc3)n2)cc1. The normalized spacial score (nSPS) is 11.2. The molecule has 0 saturated carbocycles. The van der Waals surface area contributed by atoms with Crippen LogP contribution in [-0.2, 0) is 0 Å². The average Bonchev–Trinajstić information content (AvgIpc) is 3.29. The van der Waals surface area contributed by atoms with Crippen molar-refractivity contribution in [3.63, 3.8) is 0 Å². The number of fused-ring (bicyclic) bond motifs is 3. The maximum Gasteiger partial charge on any atom is 0.160 e. The van der Waals surface area contributed by atoms with Crippen molar-refractivity contribution in [2.75, 3.05) is 0 Å². The van der Waals surface area contributed by atoms with E-state index in [0.29, 0.717) is 11.6 Å². The summed E-state index contributed by atoms with van der Waals surface area (Å²) >= 11 is 0. The Morgan fingerprint density at radius 2 is 0.929 bits per heavy atom. The van der Waals surface area contributed by atoms with E-state index in [9.17, 15) is 0 Å². The molecule has 7 nitrogen and oxygen atoms in total. The molecule has 7 heteroatoms. The molecular formula is C49H31N7. The summed E-state index contributed by atoms with van der Waals surface area (Å²) in [5, 5.41) is 11.4. The molecule has 0 spiro atoms. The van der Waals surface area contributed by atoms with E-state index in [2.05, 4.69) is 77.8 Å². The minimum atomic E-state index is 0.610. The molecule has 0 saturated heterocycles. The Hall–Kier alpha value is -7.77. The van der Waals surface area contributed by atoms with E-state index in [1.165, 1.54) is 0 Å². The van der Waals surface area contributed by atoms with Crippen LogP contribution in [0.25, 0.3) is 101 Å². The lowest BCUT2D eigenvalue weighted by Crippen LogP contribution is -1.99. The average molecular weight is 718 g/mol. The van der Waals surface area contributed by atoms with E-state index in [4.69, 9.17) is 30.1 Å². The van der Waals surface area contributed by atoms with Crippen LogP contribution in [0.3, 0.4) is 0 Å². The molecule has 4 heterocycles. The van der Waals surface area contributed by atoms with E-state index in [0.717, 1.165) is 89.1 Å². The van der Waals surface area contributed by atoms with Crippen molar-refractivity contribution in [2.24, 2.45) is 0 Å². The summed E-state index contributed by atoms with van der Waals surface area (Å²) in [4.78, 5) is 24.7. The first-order chi connectivity index (χ1) is 27.7. The molecule has 10 rings (SSSR count). The van der Waals surface area contributed by atoms with Crippen LogP contribution in [0, 0.1) is 0 Å². The Bertz CT molecular complexity index is 2970. The Morgan fingerprint density at radius 1 is 0.321 bits per heavy atom. The molecule has 10 aromatic rings. The van der Waals surface area contributed by atoms with Crippen LogP contribution >= 0.6 is 0 Å². The molecule has 0 atom stereocenters. The Labute approximate surface area is 323 Å². The minimum absolute atomic E-state index is 0.610. The summed E-state index contributed by atoms with van der Waals surface area (Å²) in [6.07, 6.45) is 3.60. The number of rotatable bonds is 7. The van der Waals surface area contributed by atoms with Gasteiger partial charge in [-0.2, -0.15) is 0 Å². The number of pyridine rings is 1. The standard InChI is InChI=1S/C49H31N7/c1-4-13-32(14-5-1)42-31-43(54-49(53-42)35-17-8-3-9-18-35)38-21-10-19-36(29-38)37-20-11-22-39(30-37)48-51-28-26-41(52-48)44-40-25-24-34-23-12-27-50-46(34)47(40)56-55-45(44)33-15-6-2-7-16-33/h1-31H. The second kappa shape index (κ2) is 14.2. The smallest absolute Gasteiger partial charge is 0.160 e. The molecule has 0 fully saturated rings. The van der Waals surface area contributed by atoms with Gasteiger partial charge in [0, 0.05) is 56.5 Å². The molecule has 262 valence electrons. The van der Waals surface area contributed by atoms with Crippen molar-refractivity contribution < 1.29 is 0 Å². The lowest BCUT2D eigenvalue weighted by atomic mass is 9.97. The molecule has 0 aliphatic carbocycles. The van der Waals surface area contributed by atoms with E-state index in [-0.39, 0.29) is 0 Å². The molecular weight excluding hydrogens is 687 g/mol. The monoisotopic (exact) mass is 717 g/mol. The quantitative estimate of drug-likeness (QED) is 0.152. The molecule has 0 unspecified atom stereocenters. The van der Waals surface area contributed by atoms with Crippen LogP contribution in [-0.4, -0.2) is 35.1 Å². The van der Waals surface area contributed by atoms with Crippen molar-refractivity contribution >= 4 is 21.8 Å². The van der Waals surface area contributed by atoms with Gasteiger partial charge in [0.25, 0.3) is 0 Å². The fraction of sp³-hybridized carbons (Fsp3) is 0. The molecule has 0 aliphatic heterocycles. The fourth-order valence-corrected chi connectivity index (χ4v) is 7.17. The van der Waals surface area contributed by atoms with Crippen molar-refractivity contribution in [3.05, 3.63) is 188 Å². The molecule has 4 aromatic heterocycles. The zero-order chi connectivity index (χ0) is 37.3. The third-order valence-corrected chi connectivity index (χ3v) is 9.90. The van der Waals surface area contributed by atoms with Crippen molar-refractivity contribution in [2.45, 2.75) is 0 Å². The Kier molecular flexibility index (Phi) is 8.35. The van der Waals surface area contributed by atoms with Gasteiger partial charge in [0.1, 0.15) is 11.2 Å². The Morgan fingerprint density at radius 3 is 1.68 bits per heavy atom. The minimum Gasteiger partial charge on any atom is -0.254 e. The van der Waals surface area contributed by atoms with Gasteiger partial charge in [0.15, 0.2) is 11.6 Å². The second-order valence-electron chi connectivity index (χ2n) is 13.4. The molecule has 56 heavy (non-hydrogen) atoms. The van der Waals surface area contributed by atoms with E-state index in [1.807, 2.05) is 109 Å². The first-order valence-electron chi connectivity index (χ1n) is 18.4. The lowest BCUT2D eigenvalue weighted by Gasteiger charge is -2.13. The second-order valence-corrected chi connectivity index (χ2v) is 13.4. The van der Waals surface area contributed by atoms with Gasteiger partial charge in [-0.3, -0.25) is 4.98 Å². The first-order valence-corrected chi connectivity index (χ1v) is 18.4. The third kappa shape index (κ3) is 6.23. The fourth-order valence-electron chi connectivity index (χ4n) is 7.17. The van der Waals surface area contributed by atoms with Crippen molar-refractivity contribution in [3.8, 4) is 78.9 Å². The van der Waals surface area contributed by atoms with Crippen LogP contribution in [0.1, 0.15) is 0 Å². The van der Waals surface area contributed by atoms with Gasteiger partial charge in [0.2, 0.25) is 0 Å². The van der Waals surface area contributed by atoms with Gasteiger partial charge in [-0.15, -0.1) is 10.2 Å². The predicted molar refractivity (Wildman–Crippen MR) is 224 cm³/mol. The molecule has 0 aliphatic rings. The zero-order valence-corrected chi connectivity index (χ0v) is 30.0. The van der Waals surface area contributed by atoms with E-state index < -0.39 is 0 Å². The van der Waals surface area contributed by atoms with Gasteiger partial charge >= 0.3 is 0 Å². The predicted octanol–water partition coefficient (Wildman–Crippen LogP) is 11.4. The van der Waals surface area contributed by atoms with Crippen LogP contribution in [0.2, 0.25) is 0 Å². The van der Waals surface area contributed by atoms with Crippen molar-refractivity contribution in [1.29, 1.82) is 0 Å².